The second kappa shape index (κ2) is 8.01. The Bertz CT molecular complexity index is 1230. The third-order valence-corrected chi connectivity index (χ3v) is 7.01. The molecule has 1 aliphatic heterocycles. The zero-order chi connectivity index (χ0) is 22.6. The predicted octanol–water partition coefficient (Wildman–Crippen LogP) is 3.83. The number of halogens is 2. The molecule has 1 N–H and O–H groups in total. The number of nitrogens with zero attached hydrogens (tertiary/aromatic N) is 4. The highest BCUT2D eigenvalue weighted by Crippen LogP contribution is 2.34. The molecule has 0 saturated heterocycles. The Hall–Kier alpha value is -2.71. The van der Waals surface area contributed by atoms with E-state index in [0.29, 0.717) is 35.7 Å². The van der Waals surface area contributed by atoms with E-state index in [2.05, 4.69) is 10.1 Å². The summed E-state index contributed by atoms with van der Waals surface area (Å²) in [5.41, 5.74) is 4.23. The number of amides is 1. The summed E-state index contributed by atoms with van der Waals surface area (Å²) in [7, 11) is 0. The van der Waals surface area contributed by atoms with Crippen LogP contribution in [-0.2, 0) is 13.1 Å². The van der Waals surface area contributed by atoms with E-state index in [-0.39, 0.29) is 30.3 Å². The number of carbonyl (C=O) groups is 1. The summed E-state index contributed by atoms with van der Waals surface area (Å²) < 4.78 is 21.7. The number of fused-ring (bicyclic) bond motifs is 3. The van der Waals surface area contributed by atoms with Gasteiger partial charge < -0.3 is 14.7 Å². The first-order valence-electron chi connectivity index (χ1n) is 10.7. The lowest BCUT2D eigenvalue weighted by molar-refractivity contribution is 0.0741. The number of benzene rings is 1. The molecule has 0 radical (unpaired) electrons. The summed E-state index contributed by atoms with van der Waals surface area (Å²) in [5, 5.41) is 14.6. The molecule has 32 heavy (non-hydrogen) atoms. The van der Waals surface area contributed by atoms with E-state index in [9.17, 15) is 14.3 Å². The third-order valence-electron chi connectivity index (χ3n) is 6.46. The Morgan fingerprint density at radius 2 is 2.12 bits per heavy atom. The van der Waals surface area contributed by atoms with Gasteiger partial charge >= 0.3 is 0 Å². The lowest BCUT2D eigenvalue weighted by atomic mass is 10.1. The minimum Gasteiger partial charge on any atom is -0.489 e. The number of rotatable bonds is 4. The molecule has 2 aliphatic rings. The second-order valence-electron chi connectivity index (χ2n) is 8.66. The number of aryl methyl sites for hydroxylation is 2. The van der Waals surface area contributed by atoms with Gasteiger partial charge in [-0.2, -0.15) is 5.10 Å². The summed E-state index contributed by atoms with van der Waals surface area (Å²) in [4.78, 5) is 19.6. The van der Waals surface area contributed by atoms with Crippen molar-refractivity contribution < 1.29 is 19.0 Å². The van der Waals surface area contributed by atoms with Crippen molar-refractivity contribution in [3.8, 4) is 5.75 Å². The summed E-state index contributed by atoms with van der Waals surface area (Å²) in [5.74, 6) is -0.266. The van der Waals surface area contributed by atoms with E-state index >= 15 is 0 Å². The molecule has 5 rings (SSSR count). The van der Waals surface area contributed by atoms with Crippen molar-refractivity contribution in [1.82, 2.24) is 19.5 Å². The zero-order valence-corrected chi connectivity index (χ0v) is 18.7. The van der Waals surface area contributed by atoms with Crippen LogP contribution >= 0.6 is 11.6 Å². The van der Waals surface area contributed by atoms with Crippen LogP contribution in [0, 0.1) is 25.6 Å². The predicted molar refractivity (Wildman–Crippen MR) is 116 cm³/mol. The van der Waals surface area contributed by atoms with E-state index < -0.39 is 5.82 Å². The first-order chi connectivity index (χ1) is 15.4. The topological polar surface area (TPSA) is 80.0 Å². The van der Waals surface area contributed by atoms with Gasteiger partial charge in [0.05, 0.1) is 46.9 Å². The molecule has 1 fully saturated rings. The first-order valence-corrected chi connectivity index (χ1v) is 11.1. The molecule has 2 atom stereocenters. The number of aromatic nitrogens is 3. The molecule has 7 nitrogen and oxygen atoms in total. The molecular formula is C23H24ClFN4O3. The maximum Gasteiger partial charge on any atom is 0.258 e. The average molecular weight is 459 g/mol. The monoisotopic (exact) mass is 458 g/mol. The van der Waals surface area contributed by atoms with Crippen LogP contribution in [0.1, 0.15) is 52.3 Å². The Morgan fingerprint density at radius 1 is 1.31 bits per heavy atom. The van der Waals surface area contributed by atoms with Crippen LogP contribution in [-0.4, -0.2) is 43.2 Å². The molecule has 1 amide bonds. The summed E-state index contributed by atoms with van der Waals surface area (Å²) >= 11 is 6.31. The zero-order valence-electron chi connectivity index (χ0n) is 17.9. The molecule has 3 heterocycles. The molecular weight excluding hydrogens is 435 g/mol. The smallest absolute Gasteiger partial charge is 0.258 e. The quantitative estimate of drug-likeness (QED) is 0.642. The van der Waals surface area contributed by atoms with E-state index in [4.69, 9.17) is 16.3 Å². The number of carbonyl (C=O) groups excluding carboxylic acids is 1. The van der Waals surface area contributed by atoms with E-state index in [0.717, 1.165) is 35.5 Å². The number of hydrogen-bond donors (Lipinski definition) is 1. The second-order valence-corrected chi connectivity index (χ2v) is 9.04. The van der Waals surface area contributed by atoms with E-state index in [1.54, 1.807) is 9.42 Å². The highest BCUT2D eigenvalue weighted by molar-refractivity contribution is 6.31. The maximum absolute atomic E-state index is 14.0. The van der Waals surface area contributed by atoms with Crippen molar-refractivity contribution >= 4 is 23.2 Å². The molecule has 168 valence electrons. The van der Waals surface area contributed by atoms with Crippen molar-refractivity contribution in [2.75, 3.05) is 6.61 Å². The van der Waals surface area contributed by atoms with Gasteiger partial charge in [0.2, 0.25) is 0 Å². The Balaban J connectivity index is 1.41. The summed E-state index contributed by atoms with van der Waals surface area (Å²) in [6, 6.07) is 4.01. The van der Waals surface area contributed by atoms with Gasteiger partial charge in [-0.15, -0.1) is 0 Å². The van der Waals surface area contributed by atoms with Crippen LogP contribution in [0.25, 0.3) is 5.65 Å². The largest absolute Gasteiger partial charge is 0.489 e. The molecule has 1 aromatic carbocycles. The highest BCUT2D eigenvalue weighted by atomic mass is 35.5. The molecule has 2 aromatic heterocycles. The number of aliphatic hydroxyl groups excluding tert-OH is 1. The van der Waals surface area contributed by atoms with Gasteiger partial charge in [0.15, 0.2) is 5.65 Å². The van der Waals surface area contributed by atoms with Gasteiger partial charge in [-0.3, -0.25) is 4.79 Å². The van der Waals surface area contributed by atoms with Gasteiger partial charge in [0, 0.05) is 18.2 Å². The number of hydrogen-bond acceptors (Lipinski definition) is 5. The Morgan fingerprint density at radius 3 is 2.88 bits per heavy atom. The van der Waals surface area contributed by atoms with Crippen LogP contribution in [0.4, 0.5) is 4.39 Å². The Kier molecular flexibility index (Phi) is 5.29. The molecule has 2 unspecified atom stereocenters. The molecule has 0 spiro atoms. The maximum atomic E-state index is 14.0. The lowest BCUT2D eigenvalue weighted by Gasteiger charge is -2.20. The van der Waals surface area contributed by atoms with Gasteiger partial charge in [0.1, 0.15) is 11.6 Å². The van der Waals surface area contributed by atoms with Crippen LogP contribution in [0.5, 0.6) is 5.75 Å². The van der Waals surface area contributed by atoms with Gasteiger partial charge in [-0.1, -0.05) is 11.6 Å². The van der Waals surface area contributed by atoms with Crippen molar-refractivity contribution in [1.29, 1.82) is 0 Å². The summed E-state index contributed by atoms with van der Waals surface area (Å²) in [6.45, 7) is 4.54. The fourth-order valence-corrected chi connectivity index (χ4v) is 4.80. The molecule has 3 aromatic rings. The van der Waals surface area contributed by atoms with Crippen molar-refractivity contribution in [3.05, 3.63) is 57.2 Å². The SMILES string of the molecule is Cc1nc2c3c(nn2c(C)c1Cl)CN(C(=O)c1ccc(F)cc1OC1CCC(CO)C1)C3. The standard InChI is InChI=1S/C23H24ClFN4O3/c1-12-21(24)13(2)29-22(26-12)18-9-28(10-19(18)27-29)23(31)17-6-4-15(25)8-20(17)32-16-5-3-14(7-16)11-30/h4,6,8,14,16,30H,3,5,7,9-11H2,1-2H3. The van der Waals surface area contributed by atoms with Crippen LogP contribution in [0.15, 0.2) is 18.2 Å². The fraction of sp³-hybridized carbons (Fsp3) is 0.435. The van der Waals surface area contributed by atoms with Crippen LogP contribution in [0.2, 0.25) is 5.02 Å². The van der Waals surface area contributed by atoms with E-state index in [1.165, 1.54) is 18.2 Å². The van der Waals surface area contributed by atoms with Crippen molar-refractivity contribution in [2.24, 2.45) is 5.92 Å². The lowest BCUT2D eigenvalue weighted by Crippen LogP contribution is -2.27. The third kappa shape index (κ3) is 3.51. The summed E-state index contributed by atoms with van der Waals surface area (Å²) in [6.07, 6.45) is 2.19. The van der Waals surface area contributed by atoms with E-state index in [1.807, 2.05) is 13.8 Å². The normalized spacial score (nSPS) is 20.2. The van der Waals surface area contributed by atoms with Crippen LogP contribution in [0.3, 0.4) is 0 Å². The minimum absolute atomic E-state index is 0.112. The van der Waals surface area contributed by atoms with Gasteiger partial charge in [-0.05, 0) is 51.2 Å². The molecule has 9 heteroatoms. The fourth-order valence-electron chi connectivity index (χ4n) is 4.68. The highest BCUT2D eigenvalue weighted by Gasteiger charge is 2.33. The minimum atomic E-state index is -0.456. The number of aliphatic hydroxyl groups is 1. The van der Waals surface area contributed by atoms with Crippen molar-refractivity contribution in [2.45, 2.75) is 52.3 Å². The van der Waals surface area contributed by atoms with Crippen molar-refractivity contribution in [3.63, 3.8) is 0 Å². The van der Waals surface area contributed by atoms with Gasteiger partial charge in [0.25, 0.3) is 5.91 Å². The first kappa shape index (κ1) is 21.2. The Labute approximate surface area is 189 Å². The molecule has 1 saturated carbocycles. The number of ether oxygens (including phenoxy) is 1. The average Bonchev–Trinajstić information content (AvgIpc) is 3.47. The van der Waals surface area contributed by atoms with Gasteiger partial charge in [-0.25, -0.2) is 13.9 Å². The molecule has 0 bridgehead atoms. The molecule has 1 aliphatic carbocycles. The van der Waals surface area contributed by atoms with Crippen LogP contribution < -0.4 is 4.74 Å².